The van der Waals surface area contributed by atoms with E-state index in [1.807, 2.05) is 48.8 Å². The summed E-state index contributed by atoms with van der Waals surface area (Å²) in [6.45, 7) is 2.10. The van der Waals surface area contributed by atoms with Gasteiger partial charge in [0.05, 0.1) is 25.6 Å². The number of nitrogens with zero attached hydrogens (tertiary/aromatic N) is 3. The van der Waals surface area contributed by atoms with E-state index in [0.29, 0.717) is 13.1 Å². The summed E-state index contributed by atoms with van der Waals surface area (Å²) in [4.78, 5) is 6.33. The van der Waals surface area contributed by atoms with Crippen molar-refractivity contribution in [1.82, 2.24) is 20.1 Å². The zero-order valence-corrected chi connectivity index (χ0v) is 14.2. The second kappa shape index (κ2) is 8.41. The normalized spacial score (nSPS) is 11.0. The van der Waals surface area contributed by atoms with Gasteiger partial charge in [-0.1, -0.05) is 6.07 Å². The van der Waals surface area contributed by atoms with Gasteiger partial charge in [0.1, 0.15) is 5.75 Å². The third-order valence-electron chi connectivity index (χ3n) is 4.04. The fourth-order valence-electron chi connectivity index (χ4n) is 2.78. The van der Waals surface area contributed by atoms with Gasteiger partial charge < -0.3 is 9.84 Å². The molecule has 2 aromatic heterocycles. The second-order valence-electron chi connectivity index (χ2n) is 5.79. The van der Waals surface area contributed by atoms with Crippen LogP contribution in [-0.2, 0) is 13.1 Å². The monoisotopic (exact) mass is 338 g/mol. The summed E-state index contributed by atoms with van der Waals surface area (Å²) < 4.78 is 5.21. The third-order valence-corrected chi connectivity index (χ3v) is 4.04. The molecule has 0 aliphatic heterocycles. The van der Waals surface area contributed by atoms with Crippen LogP contribution in [0, 0.1) is 0 Å². The van der Waals surface area contributed by atoms with Gasteiger partial charge in [0, 0.05) is 43.2 Å². The molecule has 0 unspecified atom stereocenters. The van der Waals surface area contributed by atoms with E-state index in [1.54, 1.807) is 13.3 Å². The molecular formula is C19H22N4O2. The lowest BCUT2D eigenvalue weighted by Gasteiger charge is -2.21. The van der Waals surface area contributed by atoms with Crippen LogP contribution in [0.4, 0.5) is 0 Å². The number of ether oxygens (including phenoxy) is 1. The summed E-state index contributed by atoms with van der Waals surface area (Å²) >= 11 is 0. The minimum Gasteiger partial charge on any atom is -0.497 e. The highest BCUT2D eigenvalue weighted by Gasteiger charge is 2.13. The smallest absolute Gasteiger partial charge is 0.118 e. The number of hydrogen-bond donors (Lipinski definition) is 2. The van der Waals surface area contributed by atoms with Gasteiger partial charge in [-0.25, -0.2) is 0 Å². The molecule has 2 N–H and O–H groups in total. The highest BCUT2D eigenvalue weighted by molar-refractivity contribution is 5.63. The number of aliphatic hydroxyl groups is 1. The molecule has 25 heavy (non-hydrogen) atoms. The van der Waals surface area contributed by atoms with E-state index >= 15 is 0 Å². The molecule has 0 saturated carbocycles. The van der Waals surface area contributed by atoms with Crippen LogP contribution in [0.2, 0.25) is 0 Å². The van der Waals surface area contributed by atoms with Crippen LogP contribution < -0.4 is 4.74 Å². The van der Waals surface area contributed by atoms with E-state index < -0.39 is 0 Å². The van der Waals surface area contributed by atoms with E-state index in [2.05, 4.69) is 20.1 Å². The van der Waals surface area contributed by atoms with Crippen LogP contribution in [0.1, 0.15) is 11.1 Å². The molecule has 130 valence electrons. The molecule has 0 fully saturated rings. The van der Waals surface area contributed by atoms with Crippen LogP contribution in [0.15, 0.2) is 55.0 Å². The molecule has 0 spiro atoms. The summed E-state index contributed by atoms with van der Waals surface area (Å²) in [7, 11) is 1.65. The molecule has 6 nitrogen and oxygen atoms in total. The average Bonchev–Trinajstić information content (AvgIpc) is 3.11. The number of aromatic nitrogens is 3. The Bertz CT molecular complexity index is 772. The third kappa shape index (κ3) is 4.43. The van der Waals surface area contributed by atoms with Crippen molar-refractivity contribution in [3.05, 3.63) is 66.1 Å². The van der Waals surface area contributed by atoms with Crippen LogP contribution in [0.5, 0.6) is 5.75 Å². The first-order chi connectivity index (χ1) is 12.3. The Morgan fingerprint density at radius 2 is 1.96 bits per heavy atom. The Morgan fingerprint density at radius 1 is 1.12 bits per heavy atom. The quantitative estimate of drug-likeness (QED) is 0.660. The van der Waals surface area contributed by atoms with Crippen molar-refractivity contribution < 1.29 is 9.84 Å². The van der Waals surface area contributed by atoms with Gasteiger partial charge >= 0.3 is 0 Å². The summed E-state index contributed by atoms with van der Waals surface area (Å²) in [5.41, 5.74) is 4.24. The summed E-state index contributed by atoms with van der Waals surface area (Å²) in [6.07, 6.45) is 5.45. The highest BCUT2D eigenvalue weighted by atomic mass is 16.5. The van der Waals surface area contributed by atoms with Crippen molar-refractivity contribution in [2.75, 3.05) is 20.3 Å². The molecule has 3 aromatic rings. The number of pyridine rings is 1. The minimum absolute atomic E-state index is 0.107. The van der Waals surface area contributed by atoms with Gasteiger partial charge in [0.2, 0.25) is 0 Å². The maximum Gasteiger partial charge on any atom is 0.118 e. The van der Waals surface area contributed by atoms with Crippen molar-refractivity contribution in [3.63, 3.8) is 0 Å². The van der Waals surface area contributed by atoms with E-state index in [9.17, 15) is 5.11 Å². The van der Waals surface area contributed by atoms with Gasteiger partial charge in [-0.3, -0.25) is 15.0 Å². The number of benzene rings is 1. The predicted octanol–water partition coefficient (Wildman–Crippen LogP) is 2.47. The average molecular weight is 338 g/mol. The van der Waals surface area contributed by atoms with E-state index in [0.717, 1.165) is 34.7 Å². The molecule has 3 rings (SSSR count). The Balaban J connectivity index is 1.77. The lowest BCUT2D eigenvalue weighted by molar-refractivity contribution is 0.184. The molecule has 1 aromatic carbocycles. The molecule has 2 heterocycles. The lowest BCUT2D eigenvalue weighted by Crippen LogP contribution is -2.26. The molecular weight excluding hydrogens is 316 g/mol. The number of aromatic amines is 1. The zero-order valence-electron chi connectivity index (χ0n) is 14.2. The largest absolute Gasteiger partial charge is 0.497 e. The molecule has 0 aliphatic carbocycles. The fraction of sp³-hybridized carbons (Fsp3) is 0.263. The van der Waals surface area contributed by atoms with Gasteiger partial charge in [-0.05, 0) is 35.9 Å². The number of methoxy groups -OCH3 is 1. The predicted molar refractivity (Wildman–Crippen MR) is 96.0 cm³/mol. The first-order valence-electron chi connectivity index (χ1n) is 8.19. The number of aliphatic hydroxyl groups excluding tert-OH is 1. The Labute approximate surface area is 147 Å². The van der Waals surface area contributed by atoms with Crippen molar-refractivity contribution in [3.8, 4) is 17.0 Å². The summed E-state index contributed by atoms with van der Waals surface area (Å²) in [5, 5.41) is 16.7. The van der Waals surface area contributed by atoms with E-state index in [4.69, 9.17) is 4.74 Å². The molecule has 0 amide bonds. The van der Waals surface area contributed by atoms with E-state index in [-0.39, 0.29) is 6.61 Å². The molecule has 0 aliphatic rings. The highest BCUT2D eigenvalue weighted by Crippen LogP contribution is 2.25. The van der Waals surface area contributed by atoms with Crippen molar-refractivity contribution in [1.29, 1.82) is 0 Å². The maximum absolute atomic E-state index is 9.39. The molecule has 0 saturated heterocycles. The number of nitrogens with one attached hydrogen (secondary N) is 1. The van der Waals surface area contributed by atoms with Crippen LogP contribution in [-0.4, -0.2) is 45.4 Å². The first-order valence-corrected chi connectivity index (χ1v) is 8.19. The van der Waals surface area contributed by atoms with Gasteiger partial charge in [-0.2, -0.15) is 5.10 Å². The van der Waals surface area contributed by atoms with Crippen molar-refractivity contribution in [2.24, 2.45) is 0 Å². The second-order valence-corrected chi connectivity index (χ2v) is 5.79. The standard InChI is InChI=1S/C19H22N4O2/c1-25-18-6-4-16(5-7-18)19-17(12-21-22-19)14-23(9-10-24)13-15-3-2-8-20-11-15/h2-8,11-12,24H,9-10,13-14H2,1H3,(H,21,22). The SMILES string of the molecule is COc1ccc(-c2[nH]ncc2CN(CCO)Cc2cccnc2)cc1. The topological polar surface area (TPSA) is 74.3 Å². The first kappa shape index (κ1) is 17.1. The van der Waals surface area contributed by atoms with Gasteiger partial charge in [0.15, 0.2) is 0 Å². The van der Waals surface area contributed by atoms with Crippen LogP contribution >= 0.6 is 0 Å². The lowest BCUT2D eigenvalue weighted by atomic mass is 10.1. The Hall–Kier alpha value is -2.70. The molecule has 6 heteroatoms. The Kier molecular flexibility index (Phi) is 5.77. The number of rotatable bonds is 8. The van der Waals surface area contributed by atoms with Crippen molar-refractivity contribution in [2.45, 2.75) is 13.1 Å². The van der Waals surface area contributed by atoms with Gasteiger partial charge in [-0.15, -0.1) is 0 Å². The molecule has 0 bridgehead atoms. The molecule has 0 atom stereocenters. The Morgan fingerprint density at radius 3 is 2.64 bits per heavy atom. The van der Waals surface area contributed by atoms with Crippen LogP contribution in [0.25, 0.3) is 11.3 Å². The van der Waals surface area contributed by atoms with E-state index in [1.165, 1.54) is 0 Å². The number of H-pyrrole nitrogens is 1. The van der Waals surface area contributed by atoms with Gasteiger partial charge in [0.25, 0.3) is 0 Å². The summed E-state index contributed by atoms with van der Waals surface area (Å²) in [6, 6.07) is 11.8. The minimum atomic E-state index is 0.107. The fourth-order valence-corrected chi connectivity index (χ4v) is 2.78. The zero-order chi connectivity index (χ0) is 17.5. The van der Waals surface area contributed by atoms with Crippen LogP contribution in [0.3, 0.4) is 0 Å². The van der Waals surface area contributed by atoms with Crippen molar-refractivity contribution >= 4 is 0 Å². The summed E-state index contributed by atoms with van der Waals surface area (Å²) in [5.74, 6) is 0.822. The number of hydrogen-bond acceptors (Lipinski definition) is 5. The molecule has 0 radical (unpaired) electrons. The maximum atomic E-state index is 9.39.